The first-order valence-corrected chi connectivity index (χ1v) is 9.84. The second kappa shape index (κ2) is 5.89. The maximum atomic E-state index is 13.0. The molecule has 0 aliphatic heterocycles. The summed E-state index contributed by atoms with van der Waals surface area (Å²) in [5, 5.41) is 4.65. The molecule has 1 aromatic carbocycles. The third-order valence-corrected chi connectivity index (χ3v) is 5.87. The first kappa shape index (κ1) is 15.8. The molecule has 0 atom stereocenters. The molecule has 2 fully saturated rings. The number of imidazole rings is 1. The second-order valence-corrected chi connectivity index (χ2v) is 7.81. The van der Waals surface area contributed by atoms with Crippen LogP contribution < -0.4 is 11.0 Å². The molecule has 28 heavy (non-hydrogen) atoms. The molecule has 3 aromatic heterocycles. The molecule has 0 bridgehead atoms. The lowest BCUT2D eigenvalue weighted by Gasteiger charge is -2.36. The van der Waals surface area contributed by atoms with Crippen molar-refractivity contribution in [2.45, 2.75) is 43.8 Å². The Bertz CT molecular complexity index is 1250. The summed E-state index contributed by atoms with van der Waals surface area (Å²) >= 11 is 0. The van der Waals surface area contributed by atoms with Crippen LogP contribution in [0.5, 0.6) is 0 Å². The fourth-order valence-corrected chi connectivity index (χ4v) is 4.22. The Morgan fingerprint density at radius 1 is 0.893 bits per heavy atom. The zero-order chi connectivity index (χ0) is 18.7. The van der Waals surface area contributed by atoms with Crippen LogP contribution in [-0.4, -0.2) is 30.1 Å². The summed E-state index contributed by atoms with van der Waals surface area (Å²) in [4.78, 5) is 26.6. The number of anilines is 1. The highest BCUT2D eigenvalue weighted by Gasteiger charge is 2.37. The van der Waals surface area contributed by atoms with Gasteiger partial charge in [0.15, 0.2) is 11.3 Å². The van der Waals surface area contributed by atoms with E-state index in [0.29, 0.717) is 17.7 Å². The number of fused-ring (bicyclic) bond motifs is 2. The Labute approximate surface area is 161 Å². The molecular formula is C21H20N6O. The van der Waals surface area contributed by atoms with Crippen LogP contribution in [0.15, 0.2) is 53.6 Å². The minimum absolute atomic E-state index is 0.0379. The molecule has 3 heterocycles. The fourth-order valence-electron chi connectivity index (χ4n) is 4.22. The highest BCUT2D eigenvalue weighted by molar-refractivity contribution is 5.80. The average Bonchev–Trinajstić information content (AvgIpc) is 3.48. The predicted molar refractivity (Wildman–Crippen MR) is 107 cm³/mol. The summed E-state index contributed by atoms with van der Waals surface area (Å²) in [5.74, 6) is 0.884. The van der Waals surface area contributed by atoms with Crippen LogP contribution in [0.3, 0.4) is 0 Å². The van der Waals surface area contributed by atoms with Crippen molar-refractivity contribution in [2.75, 3.05) is 5.32 Å². The molecule has 0 amide bonds. The van der Waals surface area contributed by atoms with Gasteiger partial charge in [-0.3, -0.25) is 9.13 Å². The lowest BCUT2D eigenvalue weighted by molar-refractivity contribution is 0.279. The zero-order valence-corrected chi connectivity index (χ0v) is 15.3. The van der Waals surface area contributed by atoms with Gasteiger partial charge in [0.2, 0.25) is 0 Å². The number of rotatable bonds is 4. The Kier molecular flexibility index (Phi) is 3.32. The number of hydrogen-bond donors (Lipinski definition) is 1. The second-order valence-electron chi connectivity index (χ2n) is 7.81. The van der Waals surface area contributed by atoms with Crippen molar-refractivity contribution < 1.29 is 0 Å². The molecule has 140 valence electrons. The van der Waals surface area contributed by atoms with Gasteiger partial charge in [0.25, 0.3) is 0 Å². The van der Waals surface area contributed by atoms with E-state index in [4.69, 9.17) is 4.98 Å². The third kappa shape index (κ3) is 2.42. The summed E-state index contributed by atoms with van der Waals surface area (Å²) in [6.07, 6.45) is 7.21. The molecule has 6 rings (SSSR count). The number of pyridine rings is 1. The summed E-state index contributed by atoms with van der Waals surface area (Å²) in [6, 6.07) is 13.0. The van der Waals surface area contributed by atoms with E-state index < -0.39 is 0 Å². The van der Waals surface area contributed by atoms with Crippen molar-refractivity contribution >= 4 is 28.0 Å². The Morgan fingerprint density at radius 3 is 2.36 bits per heavy atom. The van der Waals surface area contributed by atoms with E-state index in [9.17, 15) is 4.79 Å². The highest BCUT2D eigenvalue weighted by atomic mass is 16.2. The number of para-hydroxylation sites is 1. The predicted octanol–water partition coefficient (Wildman–Crippen LogP) is 3.29. The van der Waals surface area contributed by atoms with Gasteiger partial charge in [0.05, 0.1) is 5.52 Å². The van der Waals surface area contributed by atoms with Gasteiger partial charge >= 0.3 is 5.69 Å². The van der Waals surface area contributed by atoms with Gasteiger partial charge in [-0.05, 0) is 43.9 Å². The van der Waals surface area contributed by atoms with Crippen molar-refractivity contribution in [2.24, 2.45) is 0 Å². The van der Waals surface area contributed by atoms with E-state index >= 15 is 0 Å². The normalized spacial score (nSPS) is 21.7. The van der Waals surface area contributed by atoms with Crippen molar-refractivity contribution in [1.82, 2.24) is 24.1 Å². The highest BCUT2D eigenvalue weighted by Crippen LogP contribution is 2.38. The van der Waals surface area contributed by atoms with Gasteiger partial charge in [0.1, 0.15) is 5.82 Å². The van der Waals surface area contributed by atoms with Gasteiger partial charge in [-0.25, -0.2) is 19.7 Å². The van der Waals surface area contributed by atoms with E-state index in [0.717, 1.165) is 48.1 Å². The topological polar surface area (TPSA) is 77.6 Å². The molecule has 1 N–H and O–H groups in total. The minimum Gasteiger partial charge on any atom is -0.367 e. The van der Waals surface area contributed by atoms with E-state index in [1.807, 2.05) is 33.4 Å². The Balaban J connectivity index is 1.25. The molecular weight excluding hydrogens is 352 g/mol. The van der Waals surface area contributed by atoms with Gasteiger partial charge in [-0.1, -0.05) is 18.2 Å². The summed E-state index contributed by atoms with van der Waals surface area (Å²) in [7, 11) is 0. The van der Waals surface area contributed by atoms with Crippen LogP contribution in [0.25, 0.3) is 22.2 Å². The van der Waals surface area contributed by atoms with Crippen LogP contribution in [-0.2, 0) is 0 Å². The molecule has 2 aliphatic carbocycles. The quantitative estimate of drug-likeness (QED) is 0.595. The number of benzene rings is 1. The number of nitrogens with zero attached hydrogens (tertiary/aromatic N) is 5. The molecule has 2 aliphatic rings. The lowest BCUT2D eigenvalue weighted by atomic mass is 9.86. The lowest BCUT2D eigenvalue weighted by Crippen LogP contribution is -2.41. The van der Waals surface area contributed by atoms with Crippen molar-refractivity contribution in [3.63, 3.8) is 0 Å². The SMILES string of the molecule is O=c1n(C2CC2)c2nccnc2n1[C@H]1C[C@H](Nc2ccc3ccccc3n2)C1. The first-order valence-electron chi connectivity index (χ1n) is 9.84. The molecule has 0 saturated heterocycles. The number of nitrogens with one attached hydrogen (secondary N) is 1. The number of aromatic nitrogens is 5. The molecule has 0 spiro atoms. The van der Waals surface area contributed by atoms with Crippen LogP contribution >= 0.6 is 0 Å². The minimum atomic E-state index is 0.0379. The molecule has 7 heteroatoms. The van der Waals surface area contributed by atoms with Gasteiger partial charge < -0.3 is 5.32 Å². The summed E-state index contributed by atoms with van der Waals surface area (Å²) in [6.45, 7) is 0. The first-order chi connectivity index (χ1) is 13.8. The largest absolute Gasteiger partial charge is 0.367 e. The van der Waals surface area contributed by atoms with Gasteiger partial charge in [-0.15, -0.1) is 0 Å². The monoisotopic (exact) mass is 372 g/mol. The fraction of sp³-hybridized carbons (Fsp3) is 0.333. The molecule has 4 aromatic rings. The summed E-state index contributed by atoms with van der Waals surface area (Å²) in [5.41, 5.74) is 2.47. The Morgan fingerprint density at radius 2 is 1.61 bits per heavy atom. The Hall–Kier alpha value is -3.22. The molecule has 7 nitrogen and oxygen atoms in total. The molecule has 0 radical (unpaired) electrons. The van der Waals surface area contributed by atoms with Gasteiger partial charge in [-0.2, -0.15) is 0 Å². The van der Waals surface area contributed by atoms with Crippen molar-refractivity contribution in [3.05, 3.63) is 59.3 Å². The van der Waals surface area contributed by atoms with E-state index in [2.05, 4.69) is 27.4 Å². The molecule has 2 saturated carbocycles. The maximum Gasteiger partial charge on any atom is 0.332 e. The van der Waals surface area contributed by atoms with Crippen LogP contribution in [0.4, 0.5) is 5.82 Å². The van der Waals surface area contributed by atoms with Gasteiger partial charge in [0, 0.05) is 35.9 Å². The maximum absolute atomic E-state index is 13.0. The smallest absolute Gasteiger partial charge is 0.332 e. The van der Waals surface area contributed by atoms with Crippen molar-refractivity contribution in [3.8, 4) is 0 Å². The van der Waals surface area contributed by atoms with Crippen LogP contribution in [0.2, 0.25) is 0 Å². The van der Waals surface area contributed by atoms with Crippen LogP contribution in [0.1, 0.15) is 37.8 Å². The van der Waals surface area contributed by atoms with E-state index in [1.54, 1.807) is 12.4 Å². The standard InChI is InChI=1S/C21H20N6O/c28-21-26(15-6-7-15)19-20(23-10-9-22-19)27(21)16-11-14(12-16)24-18-8-5-13-3-1-2-4-17(13)25-18/h1-5,8-10,14-16H,6-7,11-12H2,(H,24,25)/t14-,16-. The number of hydrogen-bond acceptors (Lipinski definition) is 5. The van der Waals surface area contributed by atoms with E-state index in [-0.39, 0.29) is 11.7 Å². The van der Waals surface area contributed by atoms with Crippen LogP contribution in [0, 0.1) is 0 Å². The van der Waals surface area contributed by atoms with E-state index in [1.165, 1.54) is 0 Å². The average molecular weight is 372 g/mol. The van der Waals surface area contributed by atoms with Crippen molar-refractivity contribution in [1.29, 1.82) is 0 Å². The molecule has 0 unspecified atom stereocenters. The summed E-state index contributed by atoms with van der Waals surface area (Å²) < 4.78 is 3.70. The third-order valence-electron chi connectivity index (χ3n) is 5.87. The zero-order valence-electron chi connectivity index (χ0n) is 15.3.